The van der Waals surface area contributed by atoms with Crippen LogP contribution in [0.5, 0.6) is 5.75 Å². The second kappa shape index (κ2) is 6.53. The molecule has 0 saturated heterocycles. The van der Waals surface area contributed by atoms with Gasteiger partial charge in [-0.25, -0.2) is 0 Å². The number of phenolic OH excluding ortho intramolecular Hbond substituents is 1. The van der Waals surface area contributed by atoms with Crippen LogP contribution in [0.25, 0.3) is 0 Å². The Hall–Kier alpha value is -2.15. The number of nitro groups is 1. The number of carbonyl (C=O) groups excluding carboxylic acids is 1. The number of anilines is 1. The Balaban J connectivity index is 2.21. The van der Waals surface area contributed by atoms with Gasteiger partial charge in [0.1, 0.15) is 5.75 Å². The third kappa shape index (κ3) is 3.30. The maximum atomic E-state index is 12.4. The third-order valence-electron chi connectivity index (χ3n) is 4.01. The van der Waals surface area contributed by atoms with Gasteiger partial charge in [-0.1, -0.05) is 18.9 Å². The molecule has 1 aliphatic rings. The van der Waals surface area contributed by atoms with Gasteiger partial charge in [0, 0.05) is 12.0 Å². The van der Waals surface area contributed by atoms with E-state index in [0.717, 1.165) is 25.7 Å². The number of hydrogen-bond acceptors (Lipinski definition) is 5. The van der Waals surface area contributed by atoms with E-state index in [9.17, 15) is 20.0 Å². The first kappa shape index (κ1) is 15.2. The van der Waals surface area contributed by atoms with Gasteiger partial charge in [0.2, 0.25) is 5.91 Å². The lowest BCUT2D eigenvalue weighted by molar-refractivity contribution is -0.384. The number of carbonyl (C=O) groups is 1. The molecule has 1 amide bonds. The molecule has 1 saturated carbocycles. The van der Waals surface area contributed by atoms with Crippen LogP contribution in [0.2, 0.25) is 0 Å². The van der Waals surface area contributed by atoms with Crippen LogP contribution in [0.1, 0.15) is 25.7 Å². The summed E-state index contributed by atoms with van der Waals surface area (Å²) in [6.07, 6.45) is 3.59. The van der Waals surface area contributed by atoms with Crippen molar-refractivity contribution in [1.29, 1.82) is 0 Å². The molecular formula is C14H19N3O4. The van der Waals surface area contributed by atoms with Gasteiger partial charge >= 0.3 is 0 Å². The molecule has 7 nitrogen and oxygen atoms in total. The summed E-state index contributed by atoms with van der Waals surface area (Å²) >= 11 is 0. The average molecular weight is 293 g/mol. The van der Waals surface area contributed by atoms with Gasteiger partial charge < -0.3 is 16.2 Å². The van der Waals surface area contributed by atoms with E-state index in [2.05, 4.69) is 5.32 Å². The molecule has 4 N–H and O–H groups in total. The van der Waals surface area contributed by atoms with Crippen molar-refractivity contribution in [1.82, 2.24) is 0 Å². The molecule has 1 aromatic carbocycles. The number of nitro benzene ring substituents is 1. The van der Waals surface area contributed by atoms with Crippen LogP contribution in [-0.4, -0.2) is 22.5 Å². The lowest BCUT2D eigenvalue weighted by atomic mass is 9.78. The molecule has 1 aromatic rings. The molecule has 1 aliphatic carbocycles. The number of para-hydroxylation sites is 1. The molecule has 7 heteroatoms. The van der Waals surface area contributed by atoms with Crippen LogP contribution in [-0.2, 0) is 4.79 Å². The number of aromatic hydroxyl groups is 1. The van der Waals surface area contributed by atoms with E-state index in [1.165, 1.54) is 18.2 Å². The van der Waals surface area contributed by atoms with Crippen molar-refractivity contribution < 1.29 is 14.8 Å². The summed E-state index contributed by atoms with van der Waals surface area (Å²) < 4.78 is 0. The molecule has 0 aromatic heterocycles. The van der Waals surface area contributed by atoms with E-state index in [4.69, 9.17) is 5.73 Å². The summed E-state index contributed by atoms with van der Waals surface area (Å²) in [4.78, 5) is 22.7. The topological polar surface area (TPSA) is 118 Å². The number of phenols is 1. The molecule has 114 valence electrons. The Morgan fingerprint density at radius 2 is 2.14 bits per heavy atom. The lowest BCUT2D eigenvalue weighted by Gasteiger charge is -2.29. The van der Waals surface area contributed by atoms with Gasteiger partial charge in [-0.05, 0) is 31.4 Å². The average Bonchev–Trinajstić information content (AvgIpc) is 2.48. The summed E-state index contributed by atoms with van der Waals surface area (Å²) in [7, 11) is 0. The summed E-state index contributed by atoms with van der Waals surface area (Å²) in [6, 6.07) is 3.92. The van der Waals surface area contributed by atoms with E-state index in [1.54, 1.807) is 0 Å². The molecule has 0 aliphatic heterocycles. The second-order valence-corrected chi connectivity index (χ2v) is 5.30. The fraction of sp³-hybridized carbons (Fsp3) is 0.500. The van der Waals surface area contributed by atoms with Gasteiger partial charge in [0.05, 0.1) is 4.92 Å². The zero-order chi connectivity index (χ0) is 15.4. The molecule has 2 atom stereocenters. The first-order valence-corrected chi connectivity index (χ1v) is 7.02. The van der Waals surface area contributed by atoms with E-state index in [1.807, 2.05) is 0 Å². The van der Waals surface area contributed by atoms with Crippen LogP contribution in [0.15, 0.2) is 18.2 Å². The molecule has 0 heterocycles. The number of benzene rings is 1. The fourth-order valence-corrected chi connectivity index (χ4v) is 2.86. The van der Waals surface area contributed by atoms with Gasteiger partial charge in [-0.15, -0.1) is 0 Å². The highest BCUT2D eigenvalue weighted by Gasteiger charge is 2.31. The summed E-state index contributed by atoms with van der Waals surface area (Å²) in [6.45, 7) is 0.418. The zero-order valence-electron chi connectivity index (χ0n) is 11.6. The standard InChI is InChI=1S/C14H19N3O4/c15-8-9-4-1-2-5-10(9)14(19)16-13-11(17(20)21)6-3-7-12(13)18/h3,6-7,9-10,18H,1-2,4-5,8,15H2,(H,16,19). The van der Waals surface area contributed by atoms with E-state index in [0.29, 0.717) is 6.54 Å². The van der Waals surface area contributed by atoms with Crippen LogP contribution < -0.4 is 11.1 Å². The number of nitrogens with one attached hydrogen (secondary N) is 1. The highest BCUT2D eigenvalue weighted by Crippen LogP contribution is 2.35. The normalized spacial score (nSPS) is 21.8. The van der Waals surface area contributed by atoms with Crippen LogP contribution in [0.3, 0.4) is 0 Å². The van der Waals surface area contributed by atoms with E-state index >= 15 is 0 Å². The minimum atomic E-state index is -0.628. The van der Waals surface area contributed by atoms with Gasteiger partial charge in [0.25, 0.3) is 5.69 Å². The predicted octanol–water partition coefficient (Wildman–Crippen LogP) is 2.00. The molecule has 21 heavy (non-hydrogen) atoms. The number of rotatable bonds is 4. The van der Waals surface area contributed by atoms with Gasteiger partial charge in [-0.3, -0.25) is 14.9 Å². The van der Waals surface area contributed by atoms with Gasteiger partial charge in [0.15, 0.2) is 5.69 Å². The van der Waals surface area contributed by atoms with Crippen LogP contribution in [0, 0.1) is 22.0 Å². The number of nitrogens with zero attached hydrogens (tertiary/aromatic N) is 1. The Morgan fingerprint density at radius 1 is 1.43 bits per heavy atom. The molecule has 0 bridgehead atoms. The van der Waals surface area contributed by atoms with E-state index in [-0.39, 0.29) is 34.9 Å². The molecule has 0 spiro atoms. The molecule has 1 fully saturated rings. The highest BCUT2D eigenvalue weighted by atomic mass is 16.6. The SMILES string of the molecule is NCC1CCCCC1C(=O)Nc1c(O)cccc1[N+](=O)[O-]. The lowest BCUT2D eigenvalue weighted by Crippen LogP contribution is -2.35. The maximum absolute atomic E-state index is 12.4. The van der Waals surface area contributed by atoms with Crippen molar-refractivity contribution in [3.63, 3.8) is 0 Å². The number of amides is 1. The van der Waals surface area contributed by atoms with Crippen molar-refractivity contribution in [3.8, 4) is 5.75 Å². The third-order valence-corrected chi connectivity index (χ3v) is 4.01. The van der Waals surface area contributed by atoms with Crippen molar-refractivity contribution in [2.75, 3.05) is 11.9 Å². The first-order valence-electron chi connectivity index (χ1n) is 7.02. The predicted molar refractivity (Wildman–Crippen MR) is 77.9 cm³/mol. The van der Waals surface area contributed by atoms with Gasteiger partial charge in [-0.2, -0.15) is 0 Å². The fourth-order valence-electron chi connectivity index (χ4n) is 2.86. The highest BCUT2D eigenvalue weighted by molar-refractivity contribution is 5.96. The second-order valence-electron chi connectivity index (χ2n) is 5.30. The molecular weight excluding hydrogens is 274 g/mol. The van der Waals surface area contributed by atoms with Crippen molar-refractivity contribution >= 4 is 17.3 Å². The molecule has 2 unspecified atom stereocenters. The zero-order valence-corrected chi connectivity index (χ0v) is 11.6. The minimum Gasteiger partial charge on any atom is -0.505 e. The van der Waals surface area contributed by atoms with Crippen LogP contribution >= 0.6 is 0 Å². The number of hydrogen-bond donors (Lipinski definition) is 3. The first-order chi connectivity index (χ1) is 10.0. The largest absolute Gasteiger partial charge is 0.505 e. The monoisotopic (exact) mass is 293 g/mol. The van der Waals surface area contributed by atoms with Crippen molar-refractivity contribution in [2.45, 2.75) is 25.7 Å². The van der Waals surface area contributed by atoms with Crippen LogP contribution in [0.4, 0.5) is 11.4 Å². The summed E-state index contributed by atoms with van der Waals surface area (Å²) in [5, 5.41) is 23.3. The summed E-state index contributed by atoms with van der Waals surface area (Å²) in [5.41, 5.74) is 5.23. The quantitative estimate of drug-likeness (QED) is 0.445. The number of nitrogens with two attached hydrogens (primary N) is 1. The van der Waals surface area contributed by atoms with Crippen molar-refractivity contribution in [3.05, 3.63) is 28.3 Å². The molecule has 0 radical (unpaired) electrons. The minimum absolute atomic E-state index is 0.0867. The summed E-state index contributed by atoms with van der Waals surface area (Å²) in [5.74, 6) is -0.793. The van der Waals surface area contributed by atoms with E-state index < -0.39 is 4.92 Å². The Kier molecular flexibility index (Phi) is 4.74. The smallest absolute Gasteiger partial charge is 0.296 e. The Bertz CT molecular complexity index is 547. The Morgan fingerprint density at radius 3 is 2.81 bits per heavy atom. The maximum Gasteiger partial charge on any atom is 0.296 e. The van der Waals surface area contributed by atoms with Crippen molar-refractivity contribution in [2.24, 2.45) is 17.6 Å². The molecule has 2 rings (SSSR count). The Labute approximate surface area is 122 Å².